The van der Waals surface area contributed by atoms with E-state index in [9.17, 15) is 14.7 Å². The van der Waals surface area contributed by atoms with Crippen molar-refractivity contribution in [3.63, 3.8) is 0 Å². The predicted octanol–water partition coefficient (Wildman–Crippen LogP) is 4.93. The summed E-state index contributed by atoms with van der Waals surface area (Å²) in [5.41, 5.74) is 1.17. The molecule has 0 aromatic heterocycles. The average molecular weight is 429 g/mol. The molecular weight excluding hydrogens is 415 g/mol. The van der Waals surface area contributed by atoms with E-state index in [0.29, 0.717) is 27.0 Å². The maximum atomic E-state index is 12.3. The molecular formula is C21H14Cl2N2O4. The zero-order valence-corrected chi connectivity index (χ0v) is 16.4. The van der Waals surface area contributed by atoms with E-state index >= 15 is 0 Å². The molecule has 0 heterocycles. The summed E-state index contributed by atoms with van der Waals surface area (Å²) < 4.78 is 5.60. The van der Waals surface area contributed by atoms with Crippen molar-refractivity contribution in [2.24, 2.45) is 0 Å². The third-order valence-electron chi connectivity index (χ3n) is 4.10. The predicted molar refractivity (Wildman–Crippen MR) is 111 cm³/mol. The van der Waals surface area contributed by atoms with Crippen LogP contribution in [0.2, 0.25) is 10.0 Å². The molecule has 1 amide bonds. The topological polar surface area (TPSA) is 99.4 Å². The molecule has 29 heavy (non-hydrogen) atoms. The highest BCUT2D eigenvalue weighted by Gasteiger charge is 2.15. The summed E-state index contributed by atoms with van der Waals surface area (Å²) >= 11 is 12.3. The van der Waals surface area contributed by atoms with Crippen LogP contribution in [0.25, 0.3) is 10.8 Å². The molecule has 3 aromatic rings. The van der Waals surface area contributed by atoms with Crippen molar-refractivity contribution < 1.29 is 19.4 Å². The van der Waals surface area contributed by atoms with E-state index in [1.165, 1.54) is 18.2 Å². The Balaban J connectivity index is 1.86. The molecule has 0 aliphatic rings. The highest BCUT2D eigenvalue weighted by atomic mass is 35.5. The van der Waals surface area contributed by atoms with Gasteiger partial charge in [-0.25, -0.2) is 4.79 Å². The fourth-order valence-electron chi connectivity index (χ4n) is 2.84. The number of nitriles is 1. The third kappa shape index (κ3) is 4.77. The van der Waals surface area contributed by atoms with Crippen LogP contribution in [0.1, 0.15) is 15.9 Å². The van der Waals surface area contributed by atoms with Crippen molar-refractivity contribution in [1.82, 2.24) is 0 Å². The molecule has 6 nitrogen and oxygen atoms in total. The number of carboxylic acids is 1. The summed E-state index contributed by atoms with van der Waals surface area (Å²) in [5.74, 6) is -1.46. The van der Waals surface area contributed by atoms with Gasteiger partial charge in [0.25, 0.3) is 5.91 Å². The van der Waals surface area contributed by atoms with Gasteiger partial charge in [0.1, 0.15) is 5.75 Å². The molecule has 0 saturated carbocycles. The van der Waals surface area contributed by atoms with Crippen LogP contribution in [0, 0.1) is 11.3 Å². The van der Waals surface area contributed by atoms with Gasteiger partial charge in [0.05, 0.1) is 23.1 Å². The summed E-state index contributed by atoms with van der Waals surface area (Å²) in [5, 5.41) is 22.5. The number of hydrogen-bond acceptors (Lipinski definition) is 4. The van der Waals surface area contributed by atoms with Gasteiger partial charge in [0.2, 0.25) is 0 Å². The first-order valence-electron chi connectivity index (χ1n) is 8.42. The Hall–Kier alpha value is -3.27. The largest absolute Gasteiger partial charge is 0.483 e. The summed E-state index contributed by atoms with van der Waals surface area (Å²) in [6, 6.07) is 14.8. The lowest BCUT2D eigenvalue weighted by atomic mass is 10.1. The quantitative estimate of drug-likeness (QED) is 0.579. The number of fused-ring (bicyclic) bond motifs is 1. The van der Waals surface area contributed by atoms with Gasteiger partial charge in [-0.3, -0.25) is 4.79 Å². The molecule has 0 unspecified atom stereocenters. The summed E-state index contributed by atoms with van der Waals surface area (Å²) in [4.78, 5) is 23.8. The summed E-state index contributed by atoms with van der Waals surface area (Å²) in [7, 11) is 0. The van der Waals surface area contributed by atoms with Crippen molar-refractivity contribution in [3.05, 3.63) is 69.7 Å². The van der Waals surface area contributed by atoms with Gasteiger partial charge < -0.3 is 15.2 Å². The monoisotopic (exact) mass is 428 g/mol. The van der Waals surface area contributed by atoms with Crippen molar-refractivity contribution in [1.29, 1.82) is 5.26 Å². The molecule has 8 heteroatoms. The van der Waals surface area contributed by atoms with Gasteiger partial charge in [-0.1, -0.05) is 41.4 Å². The minimum atomic E-state index is -1.15. The van der Waals surface area contributed by atoms with Crippen molar-refractivity contribution in [3.8, 4) is 11.8 Å². The lowest BCUT2D eigenvalue weighted by molar-refractivity contribution is -0.118. The lowest BCUT2D eigenvalue weighted by Crippen LogP contribution is -2.21. The lowest BCUT2D eigenvalue weighted by Gasteiger charge is -2.13. The van der Waals surface area contributed by atoms with Gasteiger partial charge in [-0.05, 0) is 41.3 Å². The summed E-state index contributed by atoms with van der Waals surface area (Å²) in [6.07, 6.45) is 0.152. The van der Waals surface area contributed by atoms with Crippen molar-refractivity contribution in [2.45, 2.75) is 6.42 Å². The van der Waals surface area contributed by atoms with Crippen LogP contribution in [-0.2, 0) is 11.2 Å². The highest BCUT2D eigenvalue weighted by Crippen LogP contribution is 2.36. The Morgan fingerprint density at radius 1 is 1.14 bits per heavy atom. The zero-order chi connectivity index (χ0) is 21.0. The number of benzene rings is 3. The first-order chi connectivity index (χ1) is 13.9. The van der Waals surface area contributed by atoms with Crippen LogP contribution in [0.5, 0.6) is 5.75 Å². The van der Waals surface area contributed by atoms with E-state index in [1.807, 2.05) is 6.07 Å². The van der Waals surface area contributed by atoms with Gasteiger partial charge in [0, 0.05) is 16.1 Å². The van der Waals surface area contributed by atoms with Gasteiger partial charge in [-0.15, -0.1) is 0 Å². The van der Waals surface area contributed by atoms with E-state index in [1.54, 1.807) is 30.3 Å². The van der Waals surface area contributed by atoms with Crippen LogP contribution in [0.3, 0.4) is 0 Å². The van der Waals surface area contributed by atoms with Crippen molar-refractivity contribution in [2.75, 3.05) is 11.9 Å². The SMILES string of the molecule is N#CCc1ccccc1NC(=O)COc1cc(C(=O)O)cc2cc(Cl)cc(Cl)c12. The molecule has 3 rings (SSSR count). The first kappa shape index (κ1) is 20.5. The maximum absolute atomic E-state index is 12.3. The van der Waals surface area contributed by atoms with Gasteiger partial charge in [-0.2, -0.15) is 5.26 Å². The molecule has 0 saturated heterocycles. The molecule has 0 fully saturated rings. The molecule has 3 aromatic carbocycles. The Kier molecular flexibility index (Phi) is 6.23. The second kappa shape index (κ2) is 8.82. The Labute approximate surface area is 176 Å². The van der Waals surface area contributed by atoms with Crippen molar-refractivity contribution >= 4 is 51.5 Å². The van der Waals surface area contributed by atoms with E-state index < -0.39 is 11.9 Å². The molecule has 0 aliphatic heterocycles. The third-order valence-corrected chi connectivity index (χ3v) is 4.61. The number of carbonyl (C=O) groups excluding carboxylic acids is 1. The Morgan fingerprint density at radius 3 is 2.62 bits per heavy atom. The molecule has 0 bridgehead atoms. The van der Waals surface area contributed by atoms with Crippen LogP contribution in [0.4, 0.5) is 5.69 Å². The number of hydrogen-bond donors (Lipinski definition) is 2. The molecule has 0 radical (unpaired) electrons. The molecule has 2 N–H and O–H groups in total. The van der Waals surface area contributed by atoms with E-state index in [2.05, 4.69) is 5.32 Å². The van der Waals surface area contributed by atoms with Crippen LogP contribution in [-0.4, -0.2) is 23.6 Å². The Bertz CT molecular complexity index is 1160. The number of ether oxygens (including phenoxy) is 1. The summed E-state index contributed by atoms with van der Waals surface area (Å²) in [6.45, 7) is -0.377. The number of aromatic carboxylic acids is 1. The molecule has 0 spiro atoms. The fourth-order valence-corrected chi connectivity index (χ4v) is 3.44. The smallest absolute Gasteiger partial charge is 0.335 e. The number of carboxylic acid groups (broad SMARTS) is 1. The highest BCUT2D eigenvalue weighted by molar-refractivity contribution is 6.39. The number of amides is 1. The first-order valence-corrected chi connectivity index (χ1v) is 9.18. The van der Waals surface area contributed by atoms with E-state index in [0.717, 1.165) is 0 Å². The standard InChI is InChI=1S/C21H14Cl2N2O4/c22-15-8-13-7-14(21(27)28)9-18(20(13)16(23)10-15)29-11-19(26)25-17-4-2-1-3-12(17)5-6-24/h1-4,7-10H,5,11H2,(H,25,26)(H,27,28). The second-order valence-electron chi connectivity index (χ2n) is 6.09. The number of anilines is 1. The number of nitrogens with zero attached hydrogens (tertiary/aromatic N) is 1. The van der Waals surface area contributed by atoms with E-state index in [4.69, 9.17) is 33.2 Å². The minimum absolute atomic E-state index is 0.0226. The van der Waals surface area contributed by atoms with Crippen LogP contribution >= 0.6 is 23.2 Å². The van der Waals surface area contributed by atoms with E-state index in [-0.39, 0.29) is 29.4 Å². The average Bonchev–Trinajstić information content (AvgIpc) is 2.67. The number of para-hydroxylation sites is 1. The number of halogens is 2. The fraction of sp³-hybridized carbons (Fsp3) is 0.0952. The van der Waals surface area contributed by atoms with Crippen LogP contribution in [0.15, 0.2) is 48.5 Å². The maximum Gasteiger partial charge on any atom is 0.335 e. The minimum Gasteiger partial charge on any atom is -0.483 e. The second-order valence-corrected chi connectivity index (χ2v) is 6.94. The molecule has 146 valence electrons. The molecule has 0 aliphatic carbocycles. The van der Waals surface area contributed by atoms with Crippen LogP contribution < -0.4 is 10.1 Å². The van der Waals surface area contributed by atoms with Gasteiger partial charge >= 0.3 is 5.97 Å². The Morgan fingerprint density at radius 2 is 1.90 bits per heavy atom. The number of rotatable bonds is 6. The van der Waals surface area contributed by atoms with Gasteiger partial charge in [0.15, 0.2) is 6.61 Å². The number of carbonyl (C=O) groups is 2. The normalized spacial score (nSPS) is 10.4. The molecule has 0 atom stereocenters. The number of nitrogens with one attached hydrogen (secondary N) is 1. The zero-order valence-electron chi connectivity index (χ0n) is 14.9.